The summed E-state index contributed by atoms with van der Waals surface area (Å²) in [4.78, 5) is 31.2. The van der Waals surface area contributed by atoms with Crippen molar-refractivity contribution in [1.29, 1.82) is 0 Å². The highest BCUT2D eigenvalue weighted by Crippen LogP contribution is 2.27. The molecule has 2 aromatic carbocycles. The number of aromatic nitrogens is 2. The van der Waals surface area contributed by atoms with Gasteiger partial charge in [-0.1, -0.05) is 34.5 Å². The molecule has 35 heavy (non-hydrogen) atoms. The average molecular weight is 583 g/mol. The zero-order chi connectivity index (χ0) is 25.3. The van der Waals surface area contributed by atoms with Crippen LogP contribution in [0.2, 0.25) is 5.02 Å². The second-order valence-electron chi connectivity index (χ2n) is 8.46. The summed E-state index contributed by atoms with van der Waals surface area (Å²) in [6.45, 7) is 5.33. The highest BCUT2D eigenvalue weighted by atomic mass is 79.9. The molecule has 3 aromatic rings. The van der Waals surface area contributed by atoms with Gasteiger partial charge in [0, 0.05) is 42.1 Å². The van der Waals surface area contributed by atoms with Crippen LogP contribution in [0, 0.1) is 0 Å². The molecule has 0 aliphatic carbocycles. The molecule has 0 bridgehead atoms. The number of hydrogen-bond donors (Lipinski definition) is 2. The fourth-order valence-corrected chi connectivity index (χ4v) is 5.82. The second kappa shape index (κ2) is 10.3. The van der Waals surface area contributed by atoms with E-state index in [0.29, 0.717) is 22.5 Å². The zero-order valence-corrected chi connectivity index (χ0v) is 22.4. The summed E-state index contributed by atoms with van der Waals surface area (Å²) in [6, 6.07) is 8.10. The van der Waals surface area contributed by atoms with Crippen molar-refractivity contribution in [2.24, 2.45) is 0 Å². The summed E-state index contributed by atoms with van der Waals surface area (Å²) >= 11 is 9.66. The Kier molecular flexibility index (Phi) is 7.51. The summed E-state index contributed by atoms with van der Waals surface area (Å²) in [6.07, 6.45) is 2.22. The van der Waals surface area contributed by atoms with Crippen molar-refractivity contribution in [2.75, 3.05) is 24.3 Å². The van der Waals surface area contributed by atoms with E-state index < -0.39 is 9.84 Å². The number of amides is 1. The Hall–Kier alpha value is -2.47. The minimum Gasteiger partial charge on any atom is -0.352 e. The van der Waals surface area contributed by atoms with Crippen LogP contribution in [-0.4, -0.2) is 53.8 Å². The number of likely N-dealkylation sites (tertiary alicyclic amines) is 1. The zero-order valence-electron chi connectivity index (χ0n) is 19.2. The number of nitrogens with one attached hydrogen (secondary N) is 2. The lowest BCUT2D eigenvalue weighted by molar-refractivity contribution is -0.119. The molecule has 2 heterocycles. The molecule has 186 valence electrons. The monoisotopic (exact) mass is 581 g/mol. The van der Waals surface area contributed by atoms with E-state index in [9.17, 15) is 18.0 Å². The van der Waals surface area contributed by atoms with Gasteiger partial charge in [-0.05, 0) is 42.3 Å². The van der Waals surface area contributed by atoms with Crippen molar-refractivity contribution < 1.29 is 13.2 Å². The maximum absolute atomic E-state index is 13.2. The summed E-state index contributed by atoms with van der Waals surface area (Å²) < 4.78 is 26.9. The van der Waals surface area contributed by atoms with Crippen LogP contribution in [0.25, 0.3) is 10.9 Å². The molecular formula is C23H25BrClN5O4S. The second-order valence-corrected chi connectivity index (χ2v) is 12.0. The Labute approximate surface area is 216 Å². The normalized spacial score (nSPS) is 16.5. The van der Waals surface area contributed by atoms with Crippen LogP contribution >= 0.6 is 27.5 Å². The lowest BCUT2D eigenvalue weighted by Crippen LogP contribution is -2.35. The van der Waals surface area contributed by atoms with Gasteiger partial charge in [-0.25, -0.2) is 18.1 Å². The van der Waals surface area contributed by atoms with Crippen LogP contribution in [0.5, 0.6) is 0 Å². The van der Waals surface area contributed by atoms with E-state index in [1.54, 1.807) is 13.0 Å². The predicted molar refractivity (Wildman–Crippen MR) is 139 cm³/mol. The van der Waals surface area contributed by atoms with Gasteiger partial charge >= 0.3 is 0 Å². The number of nitrogens with zero attached hydrogens (tertiary/aromatic N) is 3. The molecule has 1 saturated heterocycles. The number of rotatable bonds is 7. The van der Waals surface area contributed by atoms with Crippen LogP contribution in [0.4, 0.5) is 5.69 Å². The van der Waals surface area contributed by atoms with Crippen LogP contribution < -0.4 is 16.3 Å². The molecule has 1 amide bonds. The lowest BCUT2D eigenvalue weighted by atomic mass is 10.1. The Balaban J connectivity index is 1.62. The molecule has 4 rings (SSSR count). The molecule has 1 fully saturated rings. The number of fused-ring (bicyclic) bond motifs is 1. The van der Waals surface area contributed by atoms with Gasteiger partial charge in [0.15, 0.2) is 9.84 Å². The first-order valence-corrected chi connectivity index (χ1v) is 13.9. The van der Waals surface area contributed by atoms with Crippen LogP contribution in [0.15, 0.2) is 50.8 Å². The van der Waals surface area contributed by atoms with Gasteiger partial charge in [0.2, 0.25) is 5.91 Å². The van der Waals surface area contributed by atoms with E-state index in [0.717, 1.165) is 34.2 Å². The van der Waals surface area contributed by atoms with Crippen LogP contribution in [0.1, 0.15) is 25.8 Å². The largest absolute Gasteiger partial charge is 0.352 e. The third-order valence-electron chi connectivity index (χ3n) is 5.90. The molecule has 0 saturated carbocycles. The van der Waals surface area contributed by atoms with Gasteiger partial charge in [0.1, 0.15) is 6.33 Å². The standard InChI is InChI=1S/C23H25BrClN5O4S/c1-3-35(33,34)22-5-4-16(25)9-21(22)28-30-13-26-20-8-15(19(24)10-18(20)23(30)32)11-29-7-6-17(12-29)27-14(2)31/h4-5,8-10,13,17,28H,3,6-7,11-12H2,1-2H3,(H,27,31)/t17-/m0/s1. The minimum atomic E-state index is -3.55. The molecule has 1 atom stereocenters. The Bertz CT molecular complexity index is 1460. The smallest absolute Gasteiger partial charge is 0.280 e. The van der Waals surface area contributed by atoms with E-state index in [2.05, 4.69) is 36.6 Å². The molecule has 1 aliphatic heterocycles. The Morgan fingerprint density at radius 2 is 2.06 bits per heavy atom. The fourth-order valence-electron chi connectivity index (χ4n) is 4.15. The predicted octanol–water partition coefficient (Wildman–Crippen LogP) is 3.19. The van der Waals surface area contributed by atoms with Crippen molar-refractivity contribution in [2.45, 2.75) is 37.8 Å². The van der Waals surface area contributed by atoms with E-state index in [4.69, 9.17) is 11.6 Å². The van der Waals surface area contributed by atoms with Gasteiger partial charge < -0.3 is 5.32 Å². The molecule has 0 radical (unpaired) electrons. The van der Waals surface area contributed by atoms with Gasteiger partial charge in [-0.3, -0.25) is 19.9 Å². The van der Waals surface area contributed by atoms with Crippen molar-refractivity contribution >= 4 is 59.9 Å². The maximum atomic E-state index is 13.2. The van der Waals surface area contributed by atoms with Gasteiger partial charge in [0.05, 0.1) is 27.2 Å². The Morgan fingerprint density at radius 3 is 2.77 bits per heavy atom. The number of carbonyl (C=O) groups is 1. The number of hydrogen-bond acceptors (Lipinski definition) is 7. The summed E-state index contributed by atoms with van der Waals surface area (Å²) in [7, 11) is -3.55. The topological polar surface area (TPSA) is 113 Å². The number of anilines is 1. The Morgan fingerprint density at radius 1 is 1.29 bits per heavy atom. The quantitative estimate of drug-likeness (QED) is 0.440. The highest BCUT2D eigenvalue weighted by Gasteiger charge is 2.24. The van der Waals surface area contributed by atoms with Crippen molar-refractivity contribution in [3.63, 3.8) is 0 Å². The molecule has 2 N–H and O–H groups in total. The third kappa shape index (κ3) is 5.69. The number of benzene rings is 2. The fraction of sp³-hybridized carbons (Fsp3) is 0.348. The minimum absolute atomic E-state index is 0.0324. The molecule has 1 aromatic heterocycles. The van der Waals surface area contributed by atoms with Gasteiger partial charge in [-0.2, -0.15) is 0 Å². The highest BCUT2D eigenvalue weighted by molar-refractivity contribution is 9.10. The van der Waals surface area contributed by atoms with Crippen LogP contribution in [0.3, 0.4) is 0 Å². The van der Waals surface area contributed by atoms with E-state index in [1.165, 1.54) is 31.5 Å². The van der Waals surface area contributed by atoms with E-state index in [-0.39, 0.29) is 33.8 Å². The van der Waals surface area contributed by atoms with Gasteiger partial charge in [-0.15, -0.1) is 0 Å². The summed E-state index contributed by atoms with van der Waals surface area (Å²) in [5.41, 5.74) is 4.16. The van der Waals surface area contributed by atoms with Crippen molar-refractivity contribution in [1.82, 2.24) is 19.9 Å². The lowest BCUT2D eigenvalue weighted by Gasteiger charge is -2.18. The summed E-state index contributed by atoms with van der Waals surface area (Å²) in [5.74, 6) is -0.123. The third-order valence-corrected chi connectivity index (χ3v) is 8.66. The van der Waals surface area contributed by atoms with Crippen LogP contribution in [-0.2, 0) is 21.2 Å². The first kappa shape index (κ1) is 25.6. The SMILES string of the molecule is CCS(=O)(=O)c1ccc(Cl)cc1Nn1cnc2cc(CN3CC[C@H](NC(C)=O)C3)c(Br)cc2c1=O. The number of carbonyl (C=O) groups excluding carboxylic acids is 1. The van der Waals surface area contributed by atoms with Crippen molar-refractivity contribution in [3.05, 3.63) is 62.1 Å². The van der Waals surface area contributed by atoms with Gasteiger partial charge in [0.25, 0.3) is 5.56 Å². The molecule has 1 aliphatic rings. The van der Waals surface area contributed by atoms with E-state index >= 15 is 0 Å². The first-order valence-electron chi connectivity index (χ1n) is 11.1. The molecule has 0 unspecified atom stereocenters. The number of sulfone groups is 1. The average Bonchev–Trinajstić information content (AvgIpc) is 3.23. The number of halogens is 2. The molecule has 9 nitrogen and oxygen atoms in total. The molecular weight excluding hydrogens is 558 g/mol. The molecule has 0 spiro atoms. The first-order chi connectivity index (χ1) is 16.6. The van der Waals surface area contributed by atoms with E-state index in [1.807, 2.05) is 6.07 Å². The van der Waals surface area contributed by atoms with Crippen molar-refractivity contribution in [3.8, 4) is 0 Å². The summed E-state index contributed by atoms with van der Waals surface area (Å²) in [5, 5.41) is 3.66. The molecule has 12 heteroatoms. The maximum Gasteiger partial charge on any atom is 0.280 e.